The molecule has 104 valence electrons. The van der Waals surface area contributed by atoms with Crippen LogP contribution in [0.1, 0.15) is 49.0 Å². The molecular formula is C16H22BrNO. The smallest absolute Gasteiger partial charge is 0.251 e. The second kappa shape index (κ2) is 6.08. The van der Waals surface area contributed by atoms with Crippen molar-refractivity contribution in [2.45, 2.75) is 46.1 Å². The SMILES string of the molecule is CCC1CCC(NC(=O)c2cccc(Br)c2C)C1C. The van der Waals surface area contributed by atoms with Crippen molar-refractivity contribution in [3.8, 4) is 0 Å². The maximum Gasteiger partial charge on any atom is 0.251 e. The Kier molecular flexibility index (Phi) is 4.67. The number of hydrogen-bond donors (Lipinski definition) is 1. The quantitative estimate of drug-likeness (QED) is 0.882. The second-order valence-corrected chi connectivity index (χ2v) is 6.45. The molecule has 1 aliphatic rings. The van der Waals surface area contributed by atoms with Gasteiger partial charge in [0.15, 0.2) is 0 Å². The van der Waals surface area contributed by atoms with Crippen LogP contribution in [-0.4, -0.2) is 11.9 Å². The third-order valence-electron chi connectivity index (χ3n) is 4.58. The van der Waals surface area contributed by atoms with Crippen LogP contribution in [0.3, 0.4) is 0 Å². The number of hydrogen-bond acceptors (Lipinski definition) is 1. The average molecular weight is 324 g/mol. The van der Waals surface area contributed by atoms with Crippen molar-refractivity contribution in [2.24, 2.45) is 11.8 Å². The van der Waals surface area contributed by atoms with E-state index in [0.717, 1.165) is 27.9 Å². The normalized spacial score (nSPS) is 26.4. The number of halogens is 1. The molecular weight excluding hydrogens is 302 g/mol. The summed E-state index contributed by atoms with van der Waals surface area (Å²) in [5, 5.41) is 3.22. The van der Waals surface area contributed by atoms with Crippen molar-refractivity contribution in [2.75, 3.05) is 0 Å². The molecule has 3 atom stereocenters. The van der Waals surface area contributed by atoms with Crippen LogP contribution in [0.25, 0.3) is 0 Å². The van der Waals surface area contributed by atoms with Crippen molar-refractivity contribution in [3.63, 3.8) is 0 Å². The third-order valence-corrected chi connectivity index (χ3v) is 5.44. The van der Waals surface area contributed by atoms with Gasteiger partial charge < -0.3 is 5.32 Å². The van der Waals surface area contributed by atoms with Crippen LogP contribution in [0, 0.1) is 18.8 Å². The van der Waals surface area contributed by atoms with Gasteiger partial charge >= 0.3 is 0 Å². The highest BCUT2D eigenvalue weighted by Gasteiger charge is 2.32. The Morgan fingerprint density at radius 3 is 2.79 bits per heavy atom. The number of carbonyl (C=O) groups is 1. The molecule has 2 rings (SSSR count). The third kappa shape index (κ3) is 3.02. The minimum atomic E-state index is 0.0624. The van der Waals surface area contributed by atoms with Gasteiger partial charge in [0.2, 0.25) is 0 Å². The zero-order valence-corrected chi connectivity index (χ0v) is 13.5. The minimum Gasteiger partial charge on any atom is -0.349 e. The van der Waals surface area contributed by atoms with Crippen molar-refractivity contribution in [1.29, 1.82) is 0 Å². The van der Waals surface area contributed by atoms with E-state index in [2.05, 4.69) is 35.1 Å². The fraction of sp³-hybridized carbons (Fsp3) is 0.562. The summed E-state index contributed by atoms with van der Waals surface area (Å²) in [7, 11) is 0. The molecule has 1 N–H and O–H groups in total. The summed E-state index contributed by atoms with van der Waals surface area (Å²) in [6.07, 6.45) is 3.56. The summed E-state index contributed by atoms with van der Waals surface area (Å²) < 4.78 is 0.992. The van der Waals surface area contributed by atoms with Crippen LogP contribution in [0.2, 0.25) is 0 Å². The molecule has 0 aliphatic heterocycles. The van der Waals surface area contributed by atoms with Crippen molar-refractivity contribution < 1.29 is 4.79 Å². The summed E-state index contributed by atoms with van der Waals surface area (Å²) >= 11 is 3.48. The molecule has 1 aromatic carbocycles. The number of nitrogens with one attached hydrogen (secondary N) is 1. The van der Waals surface area contributed by atoms with Crippen LogP contribution in [0.4, 0.5) is 0 Å². The maximum atomic E-state index is 12.4. The van der Waals surface area contributed by atoms with Crippen LogP contribution in [-0.2, 0) is 0 Å². The summed E-state index contributed by atoms with van der Waals surface area (Å²) in [4.78, 5) is 12.4. The largest absolute Gasteiger partial charge is 0.349 e. The van der Waals surface area contributed by atoms with Crippen LogP contribution in [0.5, 0.6) is 0 Å². The lowest BCUT2D eigenvalue weighted by Gasteiger charge is -2.21. The van der Waals surface area contributed by atoms with Gasteiger partial charge in [-0.3, -0.25) is 4.79 Å². The lowest BCUT2D eigenvalue weighted by atomic mass is 9.93. The zero-order valence-electron chi connectivity index (χ0n) is 11.9. The molecule has 1 aromatic rings. The first-order valence-electron chi connectivity index (χ1n) is 7.10. The molecule has 0 saturated heterocycles. The van der Waals surface area contributed by atoms with Gasteiger partial charge in [0.25, 0.3) is 5.91 Å². The molecule has 1 aliphatic carbocycles. The molecule has 1 amide bonds. The van der Waals surface area contributed by atoms with Crippen molar-refractivity contribution >= 4 is 21.8 Å². The van der Waals surface area contributed by atoms with Gasteiger partial charge in [0.05, 0.1) is 0 Å². The van der Waals surface area contributed by atoms with Crippen LogP contribution >= 0.6 is 15.9 Å². The molecule has 3 unspecified atom stereocenters. The van der Waals surface area contributed by atoms with E-state index in [4.69, 9.17) is 0 Å². The molecule has 1 fully saturated rings. The van der Waals surface area contributed by atoms with Gasteiger partial charge in [-0.05, 0) is 49.3 Å². The van der Waals surface area contributed by atoms with E-state index in [-0.39, 0.29) is 5.91 Å². The topological polar surface area (TPSA) is 29.1 Å². The first-order valence-corrected chi connectivity index (χ1v) is 7.89. The Labute approximate surface area is 124 Å². The summed E-state index contributed by atoms with van der Waals surface area (Å²) in [6, 6.07) is 6.11. The molecule has 0 spiro atoms. The van der Waals surface area contributed by atoms with E-state index in [0.29, 0.717) is 12.0 Å². The molecule has 19 heavy (non-hydrogen) atoms. The number of rotatable bonds is 3. The highest BCUT2D eigenvalue weighted by atomic mass is 79.9. The van der Waals surface area contributed by atoms with Crippen LogP contribution in [0.15, 0.2) is 22.7 Å². The highest BCUT2D eigenvalue weighted by Crippen LogP contribution is 2.34. The van der Waals surface area contributed by atoms with Gasteiger partial charge in [-0.25, -0.2) is 0 Å². The minimum absolute atomic E-state index is 0.0624. The first-order chi connectivity index (χ1) is 9.04. The summed E-state index contributed by atoms with van der Waals surface area (Å²) in [5.41, 5.74) is 1.79. The molecule has 3 heteroatoms. The Hall–Kier alpha value is -0.830. The average Bonchev–Trinajstić information content (AvgIpc) is 2.73. The van der Waals surface area contributed by atoms with E-state index < -0.39 is 0 Å². The van der Waals surface area contributed by atoms with Gasteiger partial charge in [-0.15, -0.1) is 0 Å². The maximum absolute atomic E-state index is 12.4. The Balaban J connectivity index is 2.08. The van der Waals surface area contributed by atoms with E-state index in [9.17, 15) is 4.79 Å². The molecule has 1 saturated carbocycles. The lowest BCUT2D eigenvalue weighted by molar-refractivity contribution is 0.0926. The van der Waals surface area contributed by atoms with Gasteiger partial charge in [-0.1, -0.05) is 42.3 Å². The van der Waals surface area contributed by atoms with E-state index >= 15 is 0 Å². The Bertz CT molecular complexity index is 472. The molecule has 0 bridgehead atoms. The standard InChI is InChI=1S/C16H22BrNO/c1-4-12-8-9-15(10(12)2)18-16(19)13-6-5-7-14(17)11(13)3/h5-7,10,12,15H,4,8-9H2,1-3H3,(H,18,19). The van der Waals surface area contributed by atoms with E-state index in [1.807, 2.05) is 25.1 Å². The fourth-order valence-corrected chi connectivity index (χ4v) is 3.49. The zero-order chi connectivity index (χ0) is 14.0. The second-order valence-electron chi connectivity index (χ2n) is 5.60. The van der Waals surface area contributed by atoms with Crippen molar-refractivity contribution in [3.05, 3.63) is 33.8 Å². The number of amides is 1. The van der Waals surface area contributed by atoms with E-state index in [1.165, 1.54) is 12.8 Å². The van der Waals surface area contributed by atoms with Gasteiger partial charge in [0.1, 0.15) is 0 Å². The fourth-order valence-electron chi connectivity index (χ4n) is 3.13. The highest BCUT2D eigenvalue weighted by molar-refractivity contribution is 9.10. The lowest BCUT2D eigenvalue weighted by Crippen LogP contribution is -2.37. The monoisotopic (exact) mass is 323 g/mol. The van der Waals surface area contributed by atoms with Gasteiger partial charge in [-0.2, -0.15) is 0 Å². The summed E-state index contributed by atoms with van der Waals surface area (Å²) in [5.74, 6) is 1.41. The Morgan fingerprint density at radius 2 is 2.16 bits per heavy atom. The number of benzene rings is 1. The molecule has 2 nitrogen and oxygen atoms in total. The predicted octanol–water partition coefficient (Wildman–Crippen LogP) is 4.31. The van der Waals surface area contributed by atoms with Crippen LogP contribution < -0.4 is 5.32 Å². The Morgan fingerprint density at radius 1 is 1.42 bits per heavy atom. The van der Waals surface area contributed by atoms with E-state index in [1.54, 1.807) is 0 Å². The summed E-state index contributed by atoms with van der Waals surface area (Å²) in [6.45, 7) is 6.48. The first kappa shape index (κ1) is 14.6. The molecule has 0 aromatic heterocycles. The molecule has 0 radical (unpaired) electrons. The van der Waals surface area contributed by atoms with Crippen molar-refractivity contribution in [1.82, 2.24) is 5.32 Å². The van der Waals surface area contributed by atoms with Gasteiger partial charge in [0, 0.05) is 16.1 Å². The molecule has 0 heterocycles. The number of carbonyl (C=O) groups excluding carboxylic acids is 1. The predicted molar refractivity (Wildman–Crippen MR) is 82.3 cm³/mol.